The van der Waals surface area contributed by atoms with E-state index in [-0.39, 0.29) is 12.5 Å². The van der Waals surface area contributed by atoms with Crippen LogP contribution in [0.2, 0.25) is 0 Å². The fraction of sp³-hybridized carbons (Fsp3) is 0.357. The zero-order chi connectivity index (χ0) is 13.2. The largest absolute Gasteiger partial charge is 0.396 e. The lowest BCUT2D eigenvalue weighted by Crippen LogP contribution is -2.39. The van der Waals surface area contributed by atoms with E-state index in [1.807, 2.05) is 6.07 Å². The first-order valence-corrected chi connectivity index (χ1v) is 6.01. The monoisotopic (exact) mass is 247 g/mol. The van der Waals surface area contributed by atoms with Gasteiger partial charge in [-0.3, -0.25) is 4.79 Å². The Balaban J connectivity index is 2.32. The van der Waals surface area contributed by atoms with Crippen LogP contribution in [0.25, 0.3) is 0 Å². The molecule has 0 fully saturated rings. The average molecular weight is 247 g/mol. The molecule has 3 N–H and O–H groups in total. The summed E-state index contributed by atoms with van der Waals surface area (Å²) in [5.74, 6) is -0.752. The number of amides is 1. The quantitative estimate of drug-likeness (QED) is 0.704. The molecule has 0 bridgehead atoms. The molecule has 0 saturated carbocycles. The van der Waals surface area contributed by atoms with Crippen LogP contribution >= 0.6 is 0 Å². The van der Waals surface area contributed by atoms with E-state index in [2.05, 4.69) is 5.32 Å². The average Bonchev–Trinajstić information content (AvgIpc) is 2.63. The molecule has 4 heteroatoms. The number of para-hydroxylation sites is 1. The zero-order valence-electron chi connectivity index (χ0n) is 10.3. The third-order valence-corrected chi connectivity index (χ3v) is 3.31. The molecule has 0 radical (unpaired) electrons. The molecule has 4 nitrogen and oxygen atoms in total. The highest BCUT2D eigenvalue weighted by Gasteiger charge is 2.48. The van der Waals surface area contributed by atoms with Gasteiger partial charge in [-0.15, -0.1) is 0 Å². The van der Waals surface area contributed by atoms with E-state index in [9.17, 15) is 9.90 Å². The Kier molecular flexibility index (Phi) is 3.50. The van der Waals surface area contributed by atoms with Gasteiger partial charge in [-0.1, -0.05) is 37.3 Å². The van der Waals surface area contributed by atoms with Crippen LogP contribution < -0.4 is 5.32 Å². The van der Waals surface area contributed by atoms with Crippen molar-refractivity contribution in [1.82, 2.24) is 0 Å². The number of aliphatic hydroxyl groups is 2. The van der Waals surface area contributed by atoms with Gasteiger partial charge < -0.3 is 15.5 Å². The number of aliphatic hydroxyl groups excluding tert-OH is 1. The van der Waals surface area contributed by atoms with Gasteiger partial charge in [0, 0.05) is 23.8 Å². The van der Waals surface area contributed by atoms with E-state index < -0.39 is 11.5 Å². The summed E-state index contributed by atoms with van der Waals surface area (Å²) in [6.07, 6.45) is 4.05. The summed E-state index contributed by atoms with van der Waals surface area (Å²) in [5.41, 5.74) is -0.258. The summed E-state index contributed by atoms with van der Waals surface area (Å²) >= 11 is 0. The Labute approximate surface area is 106 Å². The first-order valence-electron chi connectivity index (χ1n) is 6.01. The summed E-state index contributed by atoms with van der Waals surface area (Å²) < 4.78 is 0. The minimum atomic E-state index is -1.53. The smallest absolute Gasteiger partial charge is 0.261 e. The molecule has 1 heterocycles. The van der Waals surface area contributed by atoms with Gasteiger partial charge in [0.15, 0.2) is 5.60 Å². The van der Waals surface area contributed by atoms with Crippen molar-refractivity contribution in [3.8, 4) is 0 Å². The second kappa shape index (κ2) is 4.92. The first-order chi connectivity index (χ1) is 8.60. The van der Waals surface area contributed by atoms with Crippen molar-refractivity contribution >= 4 is 11.6 Å². The molecule has 0 aliphatic carbocycles. The molecule has 1 aromatic rings. The maximum Gasteiger partial charge on any atom is 0.261 e. The molecule has 1 aliphatic rings. The lowest BCUT2D eigenvalue weighted by atomic mass is 9.83. The Bertz CT molecular complexity index is 484. The third-order valence-electron chi connectivity index (χ3n) is 3.31. The highest BCUT2D eigenvalue weighted by molar-refractivity contribution is 6.05. The molecular weight excluding hydrogens is 230 g/mol. The Hall–Kier alpha value is -1.65. The van der Waals surface area contributed by atoms with Crippen molar-refractivity contribution in [1.29, 1.82) is 0 Å². The van der Waals surface area contributed by atoms with E-state index in [0.29, 0.717) is 17.7 Å². The van der Waals surface area contributed by atoms with Gasteiger partial charge in [-0.25, -0.2) is 0 Å². The van der Waals surface area contributed by atoms with Crippen LogP contribution in [0.1, 0.15) is 18.9 Å². The van der Waals surface area contributed by atoms with Crippen LogP contribution in [0.5, 0.6) is 0 Å². The van der Waals surface area contributed by atoms with Gasteiger partial charge in [-0.2, -0.15) is 0 Å². The van der Waals surface area contributed by atoms with Crippen LogP contribution in [0, 0.1) is 5.92 Å². The van der Waals surface area contributed by atoms with E-state index >= 15 is 0 Å². The maximum atomic E-state index is 12.0. The second-order valence-corrected chi connectivity index (χ2v) is 4.50. The van der Waals surface area contributed by atoms with Crippen molar-refractivity contribution < 1.29 is 15.0 Å². The number of rotatable bonds is 4. The van der Waals surface area contributed by atoms with Crippen molar-refractivity contribution in [2.45, 2.75) is 18.9 Å². The summed E-state index contributed by atoms with van der Waals surface area (Å²) in [7, 11) is 0. The van der Waals surface area contributed by atoms with Gasteiger partial charge in [0.1, 0.15) is 0 Å². The Morgan fingerprint density at radius 1 is 1.44 bits per heavy atom. The number of benzene rings is 1. The van der Waals surface area contributed by atoms with Gasteiger partial charge in [0.2, 0.25) is 0 Å². The fourth-order valence-electron chi connectivity index (χ4n) is 2.23. The Morgan fingerprint density at radius 3 is 2.89 bits per heavy atom. The number of hydrogen-bond acceptors (Lipinski definition) is 3. The predicted molar refractivity (Wildman–Crippen MR) is 69.0 cm³/mol. The molecule has 1 amide bonds. The van der Waals surface area contributed by atoms with Gasteiger partial charge in [0.05, 0.1) is 0 Å². The first kappa shape index (κ1) is 12.8. The predicted octanol–water partition coefficient (Wildman–Crippen LogP) is 1.40. The normalized spacial score (nSPS) is 24.1. The van der Waals surface area contributed by atoms with Crippen molar-refractivity contribution in [3.05, 3.63) is 42.0 Å². The number of anilines is 1. The van der Waals surface area contributed by atoms with Gasteiger partial charge in [-0.05, 0) is 12.5 Å². The van der Waals surface area contributed by atoms with Crippen molar-refractivity contribution in [3.63, 3.8) is 0 Å². The van der Waals surface area contributed by atoms with Crippen LogP contribution in [0.3, 0.4) is 0 Å². The van der Waals surface area contributed by atoms with Gasteiger partial charge in [0.25, 0.3) is 5.91 Å². The number of carbonyl (C=O) groups excluding carboxylic acids is 1. The standard InChI is InChI=1S/C14H17NO3/c1-10(6-4-5-9-16)14(18)11-7-2-3-8-12(11)15-13(14)17/h2-4,6-8,10,16,18H,5,9H2,1H3,(H,15,17)/b6-4+/t10-,14+/m0/s1. The molecule has 96 valence electrons. The van der Waals surface area contributed by atoms with Gasteiger partial charge >= 0.3 is 0 Å². The van der Waals surface area contributed by atoms with Crippen LogP contribution in [0.15, 0.2) is 36.4 Å². The third kappa shape index (κ3) is 1.94. The van der Waals surface area contributed by atoms with E-state index in [1.165, 1.54) is 0 Å². The second-order valence-electron chi connectivity index (χ2n) is 4.50. The molecule has 2 rings (SSSR count). The number of fused-ring (bicyclic) bond motifs is 1. The summed E-state index contributed by atoms with van der Waals surface area (Å²) in [6, 6.07) is 7.14. The van der Waals surface area contributed by atoms with E-state index in [1.54, 1.807) is 37.3 Å². The molecule has 1 aliphatic heterocycles. The minimum absolute atomic E-state index is 0.0600. The highest BCUT2D eigenvalue weighted by Crippen LogP contribution is 2.41. The van der Waals surface area contributed by atoms with Crippen LogP contribution in [-0.4, -0.2) is 22.7 Å². The van der Waals surface area contributed by atoms with Crippen molar-refractivity contribution in [2.24, 2.45) is 5.92 Å². The number of hydrogen-bond donors (Lipinski definition) is 3. The molecule has 0 unspecified atom stereocenters. The van der Waals surface area contributed by atoms with Crippen molar-refractivity contribution in [2.75, 3.05) is 11.9 Å². The molecule has 2 atom stereocenters. The fourth-order valence-corrected chi connectivity index (χ4v) is 2.23. The van der Waals surface area contributed by atoms with E-state index in [0.717, 1.165) is 0 Å². The lowest BCUT2D eigenvalue weighted by molar-refractivity contribution is -0.137. The van der Waals surface area contributed by atoms with Crippen LogP contribution in [-0.2, 0) is 10.4 Å². The minimum Gasteiger partial charge on any atom is -0.396 e. The zero-order valence-corrected chi connectivity index (χ0v) is 10.3. The maximum absolute atomic E-state index is 12.0. The summed E-state index contributed by atoms with van der Waals surface area (Å²) in [6.45, 7) is 1.85. The Morgan fingerprint density at radius 2 is 2.17 bits per heavy atom. The topological polar surface area (TPSA) is 69.6 Å². The van der Waals surface area contributed by atoms with E-state index in [4.69, 9.17) is 5.11 Å². The molecule has 1 aromatic carbocycles. The van der Waals surface area contributed by atoms with Crippen LogP contribution in [0.4, 0.5) is 5.69 Å². The highest BCUT2D eigenvalue weighted by atomic mass is 16.3. The molecule has 0 aromatic heterocycles. The molecule has 18 heavy (non-hydrogen) atoms. The molecule has 0 saturated heterocycles. The summed E-state index contributed by atoms with van der Waals surface area (Å²) in [5, 5.41) is 22.1. The molecule has 0 spiro atoms. The SMILES string of the molecule is C[C@@H](/C=C/CCO)[C@]1(O)C(=O)Nc2ccccc21. The number of nitrogens with one attached hydrogen (secondary N) is 1. The number of carbonyl (C=O) groups is 1. The summed E-state index contributed by atoms with van der Waals surface area (Å²) in [4.78, 5) is 12.0. The lowest BCUT2D eigenvalue weighted by Gasteiger charge is -2.25. The molecular formula is C14H17NO3.